The van der Waals surface area contributed by atoms with Gasteiger partial charge in [-0.1, -0.05) is 18.2 Å². The van der Waals surface area contributed by atoms with Gasteiger partial charge in [-0.05, 0) is 23.6 Å². The van der Waals surface area contributed by atoms with Crippen LogP contribution in [0, 0.1) is 0 Å². The van der Waals surface area contributed by atoms with E-state index in [9.17, 15) is 4.79 Å². The zero-order valence-electron chi connectivity index (χ0n) is 12.7. The van der Waals surface area contributed by atoms with Crippen molar-refractivity contribution >= 4 is 22.9 Å². The van der Waals surface area contributed by atoms with Crippen LogP contribution in [0.2, 0.25) is 0 Å². The first-order chi connectivity index (χ1) is 10.8. The maximum atomic E-state index is 12.4. The van der Waals surface area contributed by atoms with Crippen molar-refractivity contribution in [1.29, 1.82) is 0 Å². The van der Waals surface area contributed by atoms with E-state index in [-0.39, 0.29) is 5.91 Å². The molecule has 2 atom stereocenters. The maximum Gasteiger partial charge on any atom is 0.279 e. The molecule has 0 saturated carbocycles. The monoisotopic (exact) mass is 317 g/mol. The van der Waals surface area contributed by atoms with Crippen molar-refractivity contribution in [1.82, 2.24) is 0 Å². The van der Waals surface area contributed by atoms with Gasteiger partial charge in [-0.25, -0.2) is 0 Å². The Morgan fingerprint density at radius 2 is 2.23 bits per heavy atom. The average molecular weight is 317 g/mol. The predicted octanol–water partition coefficient (Wildman–Crippen LogP) is 2.12. The molecule has 4 nitrogen and oxygen atoms in total. The van der Waals surface area contributed by atoms with Crippen molar-refractivity contribution in [3.05, 3.63) is 46.7 Å². The Bertz CT molecular complexity index is 627. The highest BCUT2D eigenvalue weighted by Gasteiger charge is 2.32. The molecule has 2 aromatic rings. The summed E-state index contributed by atoms with van der Waals surface area (Å²) >= 11 is 1.79. The van der Waals surface area contributed by atoms with E-state index in [1.165, 1.54) is 16.2 Å². The van der Waals surface area contributed by atoms with Gasteiger partial charge < -0.3 is 15.0 Å². The quantitative estimate of drug-likeness (QED) is 0.887. The molecule has 1 aromatic heterocycles. The predicted molar refractivity (Wildman–Crippen MR) is 88.6 cm³/mol. The molecule has 0 bridgehead atoms. The van der Waals surface area contributed by atoms with Gasteiger partial charge in [0.1, 0.15) is 11.8 Å². The molecule has 0 spiro atoms. The van der Waals surface area contributed by atoms with Crippen molar-refractivity contribution in [2.75, 3.05) is 25.5 Å². The van der Waals surface area contributed by atoms with Crippen LogP contribution in [0.4, 0.5) is 5.69 Å². The Morgan fingerprint density at radius 1 is 1.36 bits per heavy atom. The Labute approximate surface area is 134 Å². The highest BCUT2D eigenvalue weighted by Crippen LogP contribution is 2.24. The molecular formula is C17H21N2O2S+. The van der Waals surface area contributed by atoms with E-state index in [0.717, 1.165) is 18.7 Å². The molecule has 5 heteroatoms. The van der Waals surface area contributed by atoms with Crippen molar-refractivity contribution in [2.45, 2.75) is 18.9 Å². The van der Waals surface area contributed by atoms with Gasteiger partial charge in [-0.3, -0.25) is 4.79 Å². The third-order valence-corrected chi connectivity index (χ3v) is 5.12. The summed E-state index contributed by atoms with van der Waals surface area (Å²) in [6, 6.07) is 12.2. The minimum atomic E-state index is 0.0444. The minimum absolute atomic E-state index is 0.0444. The zero-order chi connectivity index (χ0) is 15.4. The van der Waals surface area contributed by atoms with Gasteiger partial charge in [0.2, 0.25) is 0 Å². The molecule has 1 aliphatic rings. The fraction of sp³-hybridized carbons (Fsp3) is 0.353. The first-order valence-corrected chi connectivity index (χ1v) is 8.46. The normalized spacial score (nSPS) is 20.8. The third kappa shape index (κ3) is 3.31. The molecular weight excluding hydrogens is 296 g/mol. The van der Waals surface area contributed by atoms with E-state index in [2.05, 4.69) is 22.8 Å². The molecule has 2 heterocycles. The van der Waals surface area contributed by atoms with E-state index in [4.69, 9.17) is 4.74 Å². The first-order valence-electron chi connectivity index (χ1n) is 7.59. The molecule has 0 radical (unpaired) electrons. The van der Waals surface area contributed by atoms with Crippen LogP contribution in [0.5, 0.6) is 5.75 Å². The molecule has 3 rings (SSSR count). The van der Waals surface area contributed by atoms with E-state index in [1.807, 2.05) is 24.3 Å². The smallest absolute Gasteiger partial charge is 0.279 e. The molecule has 0 aliphatic carbocycles. The van der Waals surface area contributed by atoms with Gasteiger partial charge in [0.05, 0.1) is 24.2 Å². The Morgan fingerprint density at radius 3 is 3.00 bits per heavy atom. The Hall–Kier alpha value is -1.85. The van der Waals surface area contributed by atoms with Crippen molar-refractivity contribution in [3.63, 3.8) is 0 Å². The van der Waals surface area contributed by atoms with Crippen LogP contribution in [0.1, 0.15) is 23.8 Å². The standard InChI is InChI=1S/C17H20N2O2S/c1-21-15-8-3-2-6-13(15)18-17(20)12-19-10-4-7-14(19)16-9-5-11-22-16/h2-3,5-6,8-9,11,14H,4,7,10,12H2,1H3,(H,18,20)/p+1/t14-/m1/s1. The number of anilines is 1. The lowest BCUT2D eigenvalue weighted by atomic mass is 10.2. The van der Waals surface area contributed by atoms with Gasteiger partial charge in [0.15, 0.2) is 6.54 Å². The fourth-order valence-corrected chi connectivity index (χ4v) is 4.02. The number of thiophene rings is 1. The molecule has 1 aromatic carbocycles. The topological polar surface area (TPSA) is 42.8 Å². The maximum absolute atomic E-state index is 12.4. The summed E-state index contributed by atoms with van der Waals surface area (Å²) in [6.07, 6.45) is 2.34. The fourth-order valence-electron chi connectivity index (χ4n) is 3.10. The second-order valence-electron chi connectivity index (χ2n) is 5.54. The minimum Gasteiger partial charge on any atom is -0.495 e. The number of nitrogens with one attached hydrogen (secondary N) is 2. The highest BCUT2D eigenvalue weighted by atomic mass is 32.1. The molecule has 1 aliphatic heterocycles. The lowest BCUT2D eigenvalue weighted by Gasteiger charge is -2.20. The lowest BCUT2D eigenvalue weighted by Crippen LogP contribution is -3.11. The SMILES string of the molecule is COc1ccccc1NC(=O)C[NH+]1CCC[C@@H]1c1cccs1. The van der Waals surface area contributed by atoms with E-state index in [1.54, 1.807) is 18.4 Å². The number of hydrogen-bond acceptors (Lipinski definition) is 3. The average Bonchev–Trinajstić information content (AvgIpc) is 3.18. The molecule has 2 N–H and O–H groups in total. The van der Waals surface area contributed by atoms with Crippen LogP contribution in [-0.4, -0.2) is 26.1 Å². The summed E-state index contributed by atoms with van der Waals surface area (Å²) in [5.41, 5.74) is 0.737. The van der Waals surface area contributed by atoms with Crippen molar-refractivity contribution in [3.8, 4) is 5.75 Å². The van der Waals surface area contributed by atoms with Crippen molar-refractivity contribution < 1.29 is 14.4 Å². The van der Waals surface area contributed by atoms with Gasteiger partial charge in [0, 0.05) is 12.8 Å². The van der Waals surface area contributed by atoms with E-state index in [0.29, 0.717) is 18.3 Å². The molecule has 1 fully saturated rings. The van der Waals surface area contributed by atoms with E-state index >= 15 is 0 Å². The number of amides is 1. The summed E-state index contributed by atoms with van der Waals surface area (Å²) in [4.78, 5) is 15.1. The summed E-state index contributed by atoms with van der Waals surface area (Å²) in [7, 11) is 1.61. The van der Waals surface area contributed by atoms with Gasteiger partial charge in [-0.15, -0.1) is 11.3 Å². The zero-order valence-corrected chi connectivity index (χ0v) is 13.5. The largest absolute Gasteiger partial charge is 0.495 e. The van der Waals surface area contributed by atoms with Crippen molar-refractivity contribution in [2.24, 2.45) is 0 Å². The van der Waals surface area contributed by atoms with E-state index < -0.39 is 0 Å². The summed E-state index contributed by atoms with van der Waals surface area (Å²) in [6.45, 7) is 1.56. The lowest BCUT2D eigenvalue weighted by molar-refractivity contribution is -0.910. The number of benzene rings is 1. The summed E-state index contributed by atoms with van der Waals surface area (Å²) < 4.78 is 5.28. The molecule has 1 unspecified atom stereocenters. The number of para-hydroxylation sites is 2. The second kappa shape index (κ2) is 6.94. The van der Waals surface area contributed by atoms with Crippen LogP contribution in [0.15, 0.2) is 41.8 Å². The molecule has 116 valence electrons. The Kier molecular flexibility index (Phi) is 4.75. The Balaban J connectivity index is 1.64. The summed E-state index contributed by atoms with van der Waals surface area (Å²) in [5, 5.41) is 5.08. The molecule has 1 saturated heterocycles. The summed E-state index contributed by atoms with van der Waals surface area (Å²) in [5.74, 6) is 0.741. The number of carbonyl (C=O) groups is 1. The number of hydrogen-bond donors (Lipinski definition) is 2. The van der Waals surface area contributed by atoms with Crippen LogP contribution in [0.3, 0.4) is 0 Å². The van der Waals surface area contributed by atoms with Crippen LogP contribution < -0.4 is 15.0 Å². The van der Waals surface area contributed by atoms with Crippen LogP contribution in [-0.2, 0) is 4.79 Å². The van der Waals surface area contributed by atoms with Gasteiger partial charge >= 0.3 is 0 Å². The number of likely N-dealkylation sites (tertiary alicyclic amines) is 1. The highest BCUT2D eigenvalue weighted by molar-refractivity contribution is 7.10. The molecule has 22 heavy (non-hydrogen) atoms. The van der Waals surface area contributed by atoms with Crippen LogP contribution in [0.25, 0.3) is 0 Å². The molecule has 1 amide bonds. The number of quaternary nitrogens is 1. The number of rotatable bonds is 5. The first kappa shape index (κ1) is 15.1. The number of methoxy groups -OCH3 is 1. The number of carbonyl (C=O) groups excluding carboxylic acids is 1. The second-order valence-corrected chi connectivity index (χ2v) is 6.52. The van der Waals surface area contributed by atoms with Gasteiger partial charge in [-0.2, -0.15) is 0 Å². The number of ether oxygens (including phenoxy) is 1. The van der Waals surface area contributed by atoms with Gasteiger partial charge in [0.25, 0.3) is 5.91 Å². The van der Waals surface area contributed by atoms with Crippen LogP contribution >= 0.6 is 11.3 Å². The third-order valence-electron chi connectivity index (χ3n) is 4.14.